The average Bonchev–Trinajstić information content (AvgIpc) is 2.15. The third kappa shape index (κ3) is 3.17. The Hall–Kier alpha value is -1.16. The van der Waals surface area contributed by atoms with Crippen LogP contribution in [-0.2, 0) is 4.79 Å². The van der Waals surface area contributed by atoms with Gasteiger partial charge in [-0.15, -0.1) is 11.8 Å². The molecule has 0 spiro atoms. The summed E-state index contributed by atoms with van der Waals surface area (Å²) in [7, 11) is 0. The molecule has 0 bridgehead atoms. The molecule has 1 rings (SSSR count). The Bertz CT molecular complexity index is 391. The number of nitrogens with two attached hydrogens (primary N) is 1. The van der Waals surface area contributed by atoms with Crippen molar-refractivity contribution in [3.63, 3.8) is 0 Å². The van der Waals surface area contributed by atoms with Gasteiger partial charge in [0.1, 0.15) is 5.25 Å². The highest BCUT2D eigenvalue weighted by molar-refractivity contribution is 8.00. The maximum absolute atomic E-state index is 11.1. The molecule has 4 heteroatoms. The average molecular weight is 239 g/mol. The number of carbonyl (C=O) groups is 1. The fraction of sp³-hybridized carbons (Fsp3) is 0.417. The molecule has 16 heavy (non-hydrogen) atoms. The van der Waals surface area contributed by atoms with Crippen molar-refractivity contribution in [2.45, 2.75) is 30.9 Å². The number of carboxylic acids is 1. The molecule has 0 fully saturated rings. The topological polar surface area (TPSA) is 63.3 Å². The molecule has 3 nitrogen and oxygen atoms in total. The first-order valence-corrected chi connectivity index (χ1v) is 6.05. The minimum Gasteiger partial charge on any atom is -0.480 e. The van der Waals surface area contributed by atoms with Gasteiger partial charge in [0.2, 0.25) is 0 Å². The predicted molar refractivity (Wildman–Crippen MR) is 67.7 cm³/mol. The standard InChI is InChI=1S/C12H17NO2S/c1-7(2)11(12(14)15)16-10-5-4-8(3)6-9(10)13/h4-7,11H,13H2,1-3H3,(H,14,15). The van der Waals surface area contributed by atoms with Crippen LogP contribution in [0.2, 0.25) is 0 Å². The summed E-state index contributed by atoms with van der Waals surface area (Å²) in [6.45, 7) is 5.76. The number of carboxylic acid groups (broad SMARTS) is 1. The van der Waals surface area contributed by atoms with Gasteiger partial charge in [-0.05, 0) is 30.5 Å². The second-order valence-corrected chi connectivity index (χ2v) is 5.35. The minimum absolute atomic E-state index is 0.0724. The third-order valence-corrected chi connectivity index (χ3v) is 3.89. The van der Waals surface area contributed by atoms with E-state index >= 15 is 0 Å². The molecule has 0 aliphatic heterocycles. The van der Waals surface area contributed by atoms with Crippen molar-refractivity contribution in [2.24, 2.45) is 5.92 Å². The van der Waals surface area contributed by atoms with E-state index in [1.807, 2.05) is 39.0 Å². The largest absolute Gasteiger partial charge is 0.480 e. The molecule has 0 aliphatic carbocycles. The van der Waals surface area contributed by atoms with Crippen LogP contribution in [0.3, 0.4) is 0 Å². The SMILES string of the molecule is Cc1ccc(SC(C(=O)O)C(C)C)c(N)c1. The summed E-state index contributed by atoms with van der Waals surface area (Å²) in [6, 6.07) is 5.69. The zero-order chi connectivity index (χ0) is 12.3. The molecule has 0 saturated carbocycles. The maximum Gasteiger partial charge on any atom is 0.317 e. The molecular formula is C12H17NO2S. The number of aryl methyl sites for hydroxylation is 1. The van der Waals surface area contributed by atoms with Gasteiger partial charge in [-0.25, -0.2) is 0 Å². The van der Waals surface area contributed by atoms with Gasteiger partial charge in [-0.1, -0.05) is 19.9 Å². The number of hydrogen-bond donors (Lipinski definition) is 2. The second kappa shape index (κ2) is 5.25. The summed E-state index contributed by atoms with van der Waals surface area (Å²) in [5, 5.41) is 8.64. The first-order chi connectivity index (χ1) is 7.41. The first-order valence-electron chi connectivity index (χ1n) is 5.17. The van der Waals surface area contributed by atoms with E-state index in [9.17, 15) is 4.79 Å². The molecule has 1 aromatic rings. The van der Waals surface area contributed by atoms with Gasteiger partial charge in [-0.3, -0.25) is 4.79 Å². The third-order valence-electron chi connectivity index (χ3n) is 2.27. The highest BCUT2D eigenvalue weighted by atomic mass is 32.2. The molecule has 0 heterocycles. The zero-order valence-corrected chi connectivity index (χ0v) is 10.5. The van der Waals surface area contributed by atoms with Crippen molar-refractivity contribution in [1.82, 2.24) is 0 Å². The summed E-state index contributed by atoms with van der Waals surface area (Å²) < 4.78 is 0. The molecule has 88 valence electrons. The van der Waals surface area contributed by atoms with Gasteiger partial charge in [0.15, 0.2) is 0 Å². The van der Waals surface area contributed by atoms with Gasteiger partial charge in [0.05, 0.1) is 0 Å². The van der Waals surface area contributed by atoms with E-state index in [1.54, 1.807) is 0 Å². The van der Waals surface area contributed by atoms with Crippen LogP contribution in [0.5, 0.6) is 0 Å². The van der Waals surface area contributed by atoms with Crippen LogP contribution in [0, 0.1) is 12.8 Å². The van der Waals surface area contributed by atoms with Crippen LogP contribution >= 0.6 is 11.8 Å². The molecule has 0 radical (unpaired) electrons. The predicted octanol–water partition coefficient (Wildman–Crippen LogP) is 2.78. The lowest BCUT2D eigenvalue weighted by atomic mass is 10.1. The normalized spacial score (nSPS) is 12.8. The summed E-state index contributed by atoms with van der Waals surface area (Å²) >= 11 is 1.32. The number of anilines is 1. The molecule has 0 aromatic heterocycles. The lowest BCUT2D eigenvalue weighted by Gasteiger charge is -2.16. The minimum atomic E-state index is -0.792. The highest BCUT2D eigenvalue weighted by Gasteiger charge is 2.23. The Morgan fingerprint density at radius 3 is 2.50 bits per heavy atom. The van der Waals surface area contributed by atoms with Crippen molar-refractivity contribution >= 4 is 23.4 Å². The first kappa shape index (κ1) is 12.9. The molecule has 1 unspecified atom stereocenters. The van der Waals surface area contributed by atoms with Gasteiger partial charge >= 0.3 is 5.97 Å². The lowest BCUT2D eigenvalue weighted by Crippen LogP contribution is -2.22. The molecule has 1 aromatic carbocycles. The van der Waals surface area contributed by atoms with Crippen molar-refractivity contribution in [1.29, 1.82) is 0 Å². The van der Waals surface area contributed by atoms with Crippen LogP contribution in [0.4, 0.5) is 5.69 Å². The Labute approximate surface area is 100 Å². The summed E-state index contributed by atoms with van der Waals surface area (Å²) in [4.78, 5) is 11.9. The Morgan fingerprint density at radius 2 is 2.06 bits per heavy atom. The van der Waals surface area contributed by atoms with Crippen molar-refractivity contribution < 1.29 is 9.90 Å². The quantitative estimate of drug-likeness (QED) is 0.626. The maximum atomic E-state index is 11.1. The summed E-state index contributed by atoms with van der Waals surface area (Å²) in [6.07, 6.45) is 0. The Kier molecular flexibility index (Phi) is 4.24. The van der Waals surface area contributed by atoms with Crippen molar-refractivity contribution in [3.05, 3.63) is 23.8 Å². The molecule has 0 saturated heterocycles. The fourth-order valence-corrected chi connectivity index (χ4v) is 2.37. The Balaban J connectivity index is 2.90. The van der Waals surface area contributed by atoms with Crippen molar-refractivity contribution in [3.8, 4) is 0 Å². The summed E-state index contributed by atoms with van der Waals surface area (Å²) in [5.74, 6) is -0.719. The molecular weight excluding hydrogens is 222 g/mol. The van der Waals surface area contributed by atoms with Crippen LogP contribution < -0.4 is 5.73 Å². The number of thioether (sulfide) groups is 1. The molecule has 3 N–H and O–H groups in total. The van der Waals surface area contributed by atoms with E-state index < -0.39 is 11.2 Å². The molecule has 0 amide bonds. The highest BCUT2D eigenvalue weighted by Crippen LogP contribution is 2.32. The van der Waals surface area contributed by atoms with E-state index in [0.29, 0.717) is 5.69 Å². The monoisotopic (exact) mass is 239 g/mol. The summed E-state index contributed by atoms with van der Waals surface area (Å²) in [5.41, 5.74) is 7.59. The number of nitrogen functional groups attached to an aromatic ring is 1. The number of aliphatic carboxylic acids is 1. The van der Waals surface area contributed by atoms with Crippen LogP contribution in [-0.4, -0.2) is 16.3 Å². The van der Waals surface area contributed by atoms with Gasteiger partial charge in [0, 0.05) is 10.6 Å². The number of rotatable bonds is 4. The van der Waals surface area contributed by atoms with Crippen LogP contribution in [0.25, 0.3) is 0 Å². The Morgan fingerprint density at radius 1 is 1.44 bits per heavy atom. The zero-order valence-electron chi connectivity index (χ0n) is 9.73. The lowest BCUT2D eigenvalue weighted by molar-refractivity contribution is -0.137. The van der Waals surface area contributed by atoms with E-state index in [1.165, 1.54) is 11.8 Å². The van der Waals surface area contributed by atoms with Crippen LogP contribution in [0.1, 0.15) is 19.4 Å². The van der Waals surface area contributed by atoms with Crippen LogP contribution in [0.15, 0.2) is 23.1 Å². The van der Waals surface area contributed by atoms with E-state index in [-0.39, 0.29) is 5.92 Å². The molecule has 0 aliphatic rings. The van der Waals surface area contributed by atoms with Gasteiger partial charge in [-0.2, -0.15) is 0 Å². The fourth-order valence-electron chi connectivity index (χ4n) is 1.38. The number of benzene rings is 1. The molecule has 1 atom stereocenters. The van der Waals surface area contributed by atoms with Gasteiger partial charge < -0.3 is 10.8 Å². The van der Waals surface area contributed by atoms with E-state index in [0.717, 1.165) is 10.5 Å². The number of hydrogen-bond acceptors (Lipinski definition) is 3. The van der Waals surface area contributed by atoms with E-state index in [2.05, 4.69) is 0 Å². The van der Waals surface area contributed by atoms with E-state index in [4.69, 9.17) is 10.8 Å². The van der Waals surface area contributed by atoms with Gasteiger partial charge in [0.25, 0.3) is 0 Å². The van der Waals surface area contributed by atoms with Crippen molar-refractivity contribution in [2.75, 3.05) is 5.73 Å². The second-order valence-electron chi connectivity index (χ2n) is 4.16. The smallest absolute Gasteiger partial charge is 0.317 e.